The molecule has 4 heterocycles. The number of likely N-dealkylation sites (tertiary alicyclic amines) is 1. The van der Waals surface area contributed by atoms with Crippen LogP contribution < -0.4 is 21.5 Å². The Hall–Kier alpha value is -4.99. The number of carbonyl (C=O) groups excluding carboxylic acids is 1. The van der Waals surface area contributed by atoms with Crippen molar-refractivity contribution in [2.24, 2.45) is 0 Å². The van der Waals surface area contributed by atoms with Crippen LogP contribution in [0.2, 0.25) is 0 Å². The number of hydrogen-bond donors (Lipinski definition) is 2. The van der Waals surface area contributed by atoms with Gasteiger partial charge in [0.1, 0.15) is 35.0 Å². The Labute approximate surface area is 261 Å². The minimum Gasteiger partial charge on any atom is -0.457 e. The second-order valence-electron chi connectivity index (χ2n) is 11.9. The second-order valence-corrected chi connectivity index (χ2v) is 11.9. The predicted molar refractivity (Wildman–Crippen MR) is 171 cm³/mol. The fourth-order valence-corrected chi connectivity index (χ4v) is 6.25. The predicted octanol–water partition coefficient (Wildman–Crippen LogP) is 3.25. The van der Waals surface area contributed by atoms with Crippen molar-refractivity contribution in [1.29, 1.82) is 5.26 Å². The largest absolute Gasteiger partial charge is 0.457 e. The molecule has 12 heteroatoms. The van der Waals surface area contributed by atoms with E-state index in [1.807, 2.05) is 44.2 Å². The fourth-order valence-electron chi connectivity index (χ4n) is 6.25. The lowest BCUT2D eigenvalue weighted by Crippen LogP contribution is -2.53. The van der Waals surface area contributed by atoms with Crippen LogP contribution in [-0.4, -0.2) is 79.6 Å². The number of aromatic nitrogens is 4. The lowest BCUT2D eigenvalue weighted by molar-refractivity contribution is -0.128. The molecular weight excluding hydrogens is 570 g/mol. The number of nitrogens with one attached hydrogen (secondary N) is 1. The summed E-state index contributed by atoms with van der Waals surface area (Å²) in [5.41, 5.74) is 7.22. The van der Waals surface area contributed by atoms with Crippen LogP contribution in [0.1, 0.15) is 32.7 Å². The highest BCUT2D eigenvalue weighted by molar-refractivity contribution is 5.97. The number of rotatable bonds is 7. The monoisotopic (exact) mass is 607 g/mol. The standard InChI is InChI=1S/C33H37N9O3/c1-33(2,40-18-14-36-15-19-40)20-23(21-34)31(43)39-16-12-25(13-17-39)42-30-28(29(35)37-22-38-30)41(32(42)44)24-8-10-27(11-9-24)45-26-6-4-3-5-7-26/h3-11,20,22,25,36H,12-19H2,1-2H3,(H2,35,37,38). The van der Waals surface area contributed by atoms with Crippen LogP contribution >= 0.6 is 0 Å². The number of nitrogens with zero attached hydrogens (tertiary/aromatic N) is 7. The van der Waals surface area contributed by atoms with Crippen LogP contribution in [0.3, 0.4) is 0 Å². The van der Waals surface area contributed by atoms with Gasteiger partial charge in [-0.15, -0.1) is 0 Å². The van der Waals surface area contributed by atoms with Gasteiger partial charge >= 0.3 is 5.69 Å². The van der Waals surface area contributed by atoms with E-state index in [1.54, 1.807) is 39.8 Å². The minimum atomic E-state index is -0.429. The number of imidazole rings is 1. The van der Waals surface area contributed by atoms with E-state index < -0.39 is 5.54 Å². The first-order valence-electron chi connectivity index (χ1n) is 15.2. The summed E-state index contributed by atoms with van der Waals surface area (Å²) < 4.78 is 9.12. The molecule has 2 aromatic carbocycles. The number of nitriles is 1. The summed E-state index contributed by atoms with van der Waals surface area (Å²) >= 11 is 0. The second kappa shape index (κ2) is 12.6. The zero-order valence-electron chi connectivity index (χ0n) is 25.5. The summed E-state index contributed by atoms with van der Waals surface area (Å²) in [4.78, 5) is 40.1. The molecule has 2 aliphatic heterocycles. The maximum Gasteiger partial charge on any atom is 0.335 e. The van der Waals surface area contributed by atoms with E-state index in [2.05, 4.69) is 26.3 Å². The molecule has 1 amide bonds. The van der Waals surface area contributed by atoms with Crippen molar-refractivity contribution >= 4 is 22.9 Å². The molecule has 0 saturated carbocycles. The molecule has 45 heavy (non-hydrogen) atoms. The summed E-state index contributed by atoms with van der Waals surface area (Å²) in [7, 11) is 0. The van der Waals surface area contributed by atoms with Gasteiger partial charge in [0, 0.05) is 50.8 Å². The Balaban J connectivity index is 1.23. The minimum absolute atomic E-state index is 0.144. The van der Waals surface area contributed by atoms with Gasteiger partial charge in [-0.2, -0.15) is 5.26 Å². The van der Waals surface area contributed by atoms with Crippen LogP contribution in [0.5, 0.6) is 11.5 Å². The molecule has 4 aromatic rings. The number of para-hydroxylation sites is 1. The number of anilines is 1. The van der Waals surface area contributed by atoms with E-state index in [-0.39, 0.29) is 29.0 Å². The van der Waals surface area contributed by atoms with Gasteiger partial charge in [-0.05, 0) is 69.2 Å². The van der Waals surface area contributed by atoms with Crippen molar-refractivity contribution in [2.75, 3.05) is 45.0 Å². The number of ether oxygens (including phenoxy) is 1. The van der Waals surface area contributed by atoms with Crippen molar-refractivity contribution < 1.29 is 9.53 Å². The van der Waals surface area contributed by atoms with Crippen molar-refractivity contribution in [1.82, 2.24) is 34.2 Å². The van der Waals surface area contributed by atoms with Gasteiger partial charge in [0.2, 0.25) is 0 Å². The molecule has 2 fully saturated rings. The summed E-state index contributed by atoms with van der Waals surface area (Å²) in [6.45, 7) is 8.34. The van der Waals surface area contributed by atoms with Crippen molar-refractivity contribution in [3.63, 3.8) is 0 Å². The summed E-state index contributed by atoms with van der Waals surface area (Å²) in [6.07, 6.45) is 4.20. The van der Waals surface area contributed by atoms with E-state index in [0.717, 1.165) is 26.2 Å². The number of hydrogen-bond acceptors (Lipinski definition) is 9. The number of benzene rings is 2. The van der Waals surface area contributed by atoms with Gasteiger partial charge in [0.15, 0.2) is 11.5 Å². The van der Waals surface area contributed by atoms with E-state index in [0.29, 0.717) is 54.3 Å². The van der Waals surface area contributed by atoms with E-state index in [4.69, 9.17) is 10.5 Å². The summed E-state index contributed by atoms with van der Waals surface area (Å²) in [5.74, 6) is 1.26. The van der Waals surface area contributed by atoms with E-state index in [1.165, 1.54) is 10.9 Å². The maximum atomic E-state index is 14.0. The fraction of sp³-hybridized carbons (Fsp3) is 0.364. The Morgan fingerprint density at radius 2 is 1.69 bits per heavy atom. The topological polar surface area (TPSA) is 147 Å². The molecule has 2 aromatic heterocycles. The first-order valence-corrected chi connectivity index (χ1v) is 15.2. The molecule has 232 valence electrons. The van der Waals surface area contributed by atoms with Crippen molar-refractivity contribution in [3.05, 3.63) is 83.1 Å². The highest BCUT2D eigenvalue weighted by Crippen LogP contribution is 2.30. The number of amides is 1. The smallest absolute Gasteiger partial charge is 0.335 e. The van der Waals surface area contributed by atoms with Crippen LogP contribution in [0.4, 0.5) is 5.82 Å². The molecule has 0 radical (unpaired) electrons. The van der Waals surface area contributed by atoms with Gasteiger partial charge in [-0.1, -0.05) is 18.2 Å². The van der Waals surface area contributed by atoms with Crippen molar-refractivity contribution in [3.8, 4) is 23.3 Å². The number of nitrogens with two attached hydrogens (primary N) is 1. The Morgan fingerprint density at radius 1 is 1.02 bits per heavy atom. The number of piperazine rings is 1. The quantitative estimate of drug-likeness (QED) is 0.239. The number of nitrogen functional groups attached to an aromatic ring is 1. The molecule has 3 N–H and O–H groups in total. The van der Waals surface area contributed by atoms with Crippen molar-refractivity contribution in [2.45, 2.75) is 38.3 Å². The lowest BCUT2D eigenvalue weighted by atomic mass is 9.97. The molecule has 0 bridgehead atoms. The summed E-state index contributed by atoms with van der Waals surface area (Å²) in [5, 5.41) is 13.3. The Kier molecular flexibility index (Phi) is 8.38. The first-order chi connectivity index (χ1) is 21.8. The van der Waals surface area contributed by atoms with Crippen LogP contribution in [0.25, 0.3) is 16.9 Å². The number of carbonyl (C=O) groups is 1. The van der Waals surface area contributed by atoms with E-state index in [9.17, 15) is 14.9 Å². The molecule has 2 aliphatic rings. The molecule has 0 aliphatic carbocycles. The van der Waals surface area contributed by atoms with Gasteiger partial charge in [-0.25, -0.2) is 14.8 Å². The average molecular weight is 608 g/mol. The SMILES string of the molecule is CC(C)(C=C(C#N)C(=O)N1CCC(n2c(=O)n(-c3ccc(Oc4ccccc4)cc3)c3c(N)ncnc32)CC1)N1CCNCC1. The zero-order chi connectivity index (χ0) is 31.6. The third-order valence-electron chi connectivity index (χ3n) is 8.65. The van der Waals surface area contributed by atoms with Gasteiger partial charge < -0.3 is 20.7 Å². The normalized spacial score (nSPS) is 16.9. The molecule has 0 atom stereocenters. The van der Waals surface area contributed by atoms with E-state index >= 15 is 0 Å². The molecular formula is C33H37N9O3. The van der Waals surface area contributed by atoms with Gasteiger partial charge in [0.05, 0.1) is 5.69 Å². The maximum absolute atomic E-state index is 14.0. The van der Waals surface area contributed by atoms with Crippen LogP contribution in [0.15, 0.2) is 77.4 Å². The van der Waals surface area contributed by atoms with Crippen LogP contribution in [-0.2, 0) is 4.79 Å². The first kappa shape index (κ1) is 30.1. The molecule has 12 nitrogen and oxygen atoms in total. The van der Waals surface area contributed by atoms with Gasteiger partial charge in [-0.3, -0.25) is 18.8 Å². The highest BCUT2D eigenvalue weighted by Gasteiger charge is 2.32. The molecule has 2 saturated heterocycles. The molecule has 6 rings (SSSR count). The third kappa shape index (κ3) is 6.05. The number of piperidine rings is 1. The lowest BCUT2D eigenvalue weighted by Gasteiger charge is -2.39. The average Bonchev–Trinajstić information content (AvgIpc) is 3.37. The Morgan fingerprint density at radius 3 is 2.36 bits per heavy atom. The molecule has 0 spiro atoms. The third-order valence-corrected chi connectivity index (χ3v) is 8.65. The number of fused-ring (bicyclic) bond motifs is 1. The molecule has 0 unspecified atom stereocenters. The Bertz CT molecular complexity index is 1810. The van der Waals surface area contributed by atoms with Gasteiger partial charge in [0.25, 0.3) is 5.91 Å². The summed E-state index contributed by atoms with van der Waals surface area (Å²) in [6, 6.07) is 18.6. The van der Waals surface area contributed by atoms with Crippen LogP contribution in [0, 0.1) is 11.3 Å². The zero-order valence-corrected chi connectivity index (χ0v) is 25.5. The highest BCUT2D eigenvalue weighted by atomic mass is 16.5.